The van der Waals surface area contributed by atoms with Crippen molar-refractivity contribution in [3.63, 3.8) is 0 Å². The molecule has 1 aliphatic rings. The second-order valence-corrected chi connectivity index (χ2v) is 25.8. The van der Waals surface area contributed by atoms with Crippen molar-refractivity contribution < 1.29 is 4.79 Å². The summed E-state index contributed by atoms with van der Waals surface area (Å²) < 4.78 is 2.24. The average molecular weight is 406 g/mol. The zero-order chi connectivity index (χ0) is 20.6. The topological polar surface area (TPSA) is 20.3 Å². The van der Waals surface area contributed by atoms with E-state index in [1.54, 1.807) is 0 Å². The Balaban J connectivity index is 3.09. The van der Waals surface area contributed by atoms with Crippen LogP contribution in [0.25, 0.3) is 0 Å². The van der Waals surface area contributed by atoms with E-state index in [1.165, 1.54) is 0 Å². The smallest absolute Gasteiger partial charge is 0.221 e. The van der Waals surface area contributed by atoms with Crippen LogP contribution in [0, 0.1) is 28.8 Å². The van der Waals surface area contributed by atoms with Gasteiger partial charge in [-0.15, -0.1) is 22.9 Å². The molecule has 1 saturated heterocycles. The Kier molecular flexibility index (Phi) is 6.89. The summed E-state index contributed by atoms with van der Waals surface area (Å²) in [6.07, 6.45) is 1.51. The first-order valence-corrected chi connectivity index (χ1v) is 19.8. The van der Waals surface area contributed by atoms with Gasteiger partial charge in [-0.25, -0.2) is 0 Å². The van der Waals surface area contributed by atoms with Gasteiger partial charge in [-0.05, 0) is 5.04 Å². The van der Waals surface area contributed by atoms with Gasteiger partial charge in [-0.2, -0.15) is 0 Å². The zero-order valence-corrected chi connectivity index (χ0v) is 21.9. The van der Waals surface area contributed by atoms with Crippen LogP contribution < -0.4 is 0 Å². The van der Waals surface area contributed by atoms with Gasteiger partial charge in [-0.3, -0.25) is 4.79 Å². The molecular formula is C21H39NOSi3. The van der Waals surface area contributed by atoms with Crippen molar-refractivity contribution in [2.75, 3.05) is 0 Å². The Bertz CT molecular complexity index is 654. The number of carbonyl (C=O) groups excluding carboxylic acids is 1. The lowest BCUT2D eigenvalue weighted by Gasteiger charge is -2.58. The summed E-state index contributed by atoms with van der Waals surface area (Å²) >= 11 is 0. The molecular weight excluding hydrogens is 366 g/mol. The molecule has 0 spiro atoms. The van der Waals surface area contributed by atoms with E-state index in [2.05, 4.69) is 101 Å². The van der Waals surface area contributed by atoms with E-state index in [9.17, 15) is 4.79 Å². The third-order valence-electron chi connectivity index (χ3n) is 5.35. The van der Waals surface area contributed by atoms with Crippen LogP contribution in [-0.2, 0) is 4.79 Å². The SMILES string of the molecule is CC(C)(C)[Si](C)(C)N1C(=O)[C@H](CC#C[Si](C)(C)C)[C@H]1CC#C[Si](C)(C)C. The first kappa shape index (κ1) is 23.3. The summed E-state index contributed by atoms with van der Waals surface area (Å²) in [7, 11) is -4.65. The van der Waals surface area contributed by atoms with Gasteiger partial charge in [0.25, 0.3) is 0 Å². The van der Waals surface area contributed by atoms with E-state index in [0.717, 1.165) is 6.42 Å². The number of amides is 1. The molecule has 0 saturated carbocycles. The summed E-state index contributed by atoms with van der Waals surface area (Å²) in [5, 5.41) is 0.155. The van der Waals surface area contributed by atoms with Crippen molar-refractivity contribution in [3.8, 4) is 22.9 Å². The molecule has 1 rings (SSSR count). The maximum absolute atomic E-state index is 13.0. The van der Waals surface area contributed by atoms with E-state index < -0.39 is 24.4 Å². The predicted molar refractivity (Wildman–Crippen MR) is 123 cm³/mol. The number of β-lactam (4-membered cyclic amide) rings is 1. The van der Waals surface area contributed by atoms with Crippen LogP contribution in [0.4, 0.5) is 0 Å². The van der Waals surface area contributed by atoms with Gasteiger partial charge >= 0.3 is 0 Å². The quantitative estimate of drug-likeness (QED) is 0.351. The van der Waals surface area contributed by atoms with Crippen molar-refractivity contribution >= 4 is 30.3 Å². The molecule has 1 heterocycles. The zero-order valence-electron chi connectivity index (χ0n) is 18.9. The molecule has 2 atom stereocenters. The van der Waals surface area contributed by atoms with E-state index in [0.29, 0.717) is 12.3 Å². The van der Waals surface area contributed by atoms with Crippen molar-refractivity contribution in [1.29, 1.82) is 0 Å². The number of nitrogens with zero attached hydrogens (tertiary/aromatic N) is 1. The van der Waals surface area contributed by atoms with E-state index >= 15 is 0 Å². The molecule has 0 radical (unpaired) electrons. The Morgan fingerprint density at radius 2 is 1.27 bits per heavy atom. The van der Waals surface area contributed by atoms with Gasteiger partial charge in [0, 0.05) is 18.9 Å². The van der Waals surface area contributed by atoms with Gasteiger partial charge in [0.05, 0.1) is 5.92 Å². The molecule has 1 fully saturated rings. The van der Waals surface area contributed by atoms with Crippen molar-refractivity contribution in [3.05, 3.63) is 0 Å². The molecule has 0 bridgehead atoms. The minimum absolute atomic E-state index is 0.0453. The number of rotatable bonds is 3. The van der Waals surface area contributed by atoms with Gasteiger partial charge in [0.15, 0.2) is 8.24 Å². The predicted octanol–water partition coefficient (Wildman–Crippen LogP) is 5.36. The summed E-state index contributed by atoms with van der Waals surface area (Å²) in [4.78, 5) is 13.0. The maximum Gasteiger partial charge on any atom is 0.221 e. The molecule has 2 nitrogen and oxygen atoms in total. The van der Waals surface area contributed by atoms with Crippen LogP contribution in [0.15, 0.2) is 0 Å². The molecule has 5 heteroatoms. The van der Waals surface area contributed by atoms with E-state index in [4.69, 9.17) is 0 Å². The molecule has 0 aliphatic carbocycles. The van der Waals surface area contributed by atoms with Crippen LogP contribution in [0.1, 0.15) is 33.6 Å². The largest absolute Gasteiger partial charge is 0.364 e. The van der Waals surface area contributed by atoms with Gasteiger partial charge in [0.2, 0.25) is 5.91 Å². The standard InChI is InChI=1S/C21H39NOSi3/c1-21(2,3)26(10,11)22-19(15-13-17-25(7,8)9)18(20(22)23)14-12-16-24(4,5)6/h18-19H,14-15H2,1-11H3/t18-,19-/m1/s1. The number of hydrogen-bond acceptors (Lipinski definition) is 1. The molecule has 0 aromatic rings. The molecule has 26 heavy (non-hydrogen) atoms. The monoisotopic (exact) mass is 405 g/mol. The van der Waals surface area contributed by atoms with Crippen molar-refractivity contribution in [1.82, 2.24) is 4.57 Å². The highest BCUT2D eigenvalue weighted by atomic mass is 28.3. The Labute approximate surface area is 165 Å². The fourth-order valence-corrected chi connectivity index (χ4v) is 6.76. The van der Waals surface area contributed by atoms with Gasteiger partial charge in [-0.1, -0.05) is 73.1 Å². The summed E-state index contributed by atoms with van der Waals surface area (Å²) in [5.41, 5.74) is 6.91. The second kappa shape index (κ2) is 7.70. The minimum Gasteiger partial charge on any atom is -0.364 e. The number of hydrogen-bond donors (Lipinski definition) is 0. The lowest BCUT2D eigenvalue weighted by Crippen LogP contribution is -2.72. The van der Waals surface area contributed by atoms with Crippen LogP contribution in [0.5, 0.6) is 0 Å². The second-order valence-electron chi connectivity index (χ2n) is 11.2. The molecule has 0 N–H and O–H groups in total. The van der Waals surface area contributed by atoms with E-state index in [1.807, 2.05) is 0 Å². The van der Waals surface area contributed by atoms with Gasteiger partial charge in [0.1, 0.15) is 16.1 Å². The third kappa shape index (κ3) is 5.87. The van der Waals surface area contributed by atoms with Crippen LogP contribution >= 0.6 is 0 Å². The van der Waals surface area contributed by atoms with Crippen molar-refractivity contribution in [2.45, 2.75) is 97.1 Å². The maximum atomic E-state index is 13.0. The molecule has 1 amide bonds. The first-order chi connectivity index (χ1) is 11.5. The summed E-state index contributed by atoms with van der Waals surface area (Å²) in [5.74, 6) is 7.15. The Hall–Kier alpha value is -0.759. The Morgan fingerprint density at radius 3 is 1.65 bits per heavy atom. The summed E-state index contributed by atoms with van der Waals surface area (Å²) in [6, 6.07) is 0.253. The summed E-state index contributed by atoms with van der Waals surface area (Å²) in [6.45, 7) is 25.0. The highest BCUT2D eigenvalue weighted by molar-refractivity contribution is 6.84. The van der Waals surface area contributed by atoms with Gasteiger partial charge < -0.3 is 4.57 Å². The molecule has 0 unspecified atom stereocenters. The molecule has 1 aliphatic heterocycles. The lowest BCUT2D eigenvalue weighted by molar-refractivity contribution is -0.147. The van der Waals surface area contributed by atoms with Crippen LogP contribution in [0.2, 0.25) is 57.4 Å². The molecule has 146 valence electrons. The van der Waals surface area contributed by atoms with Crippen molar-refractivity contribution in [2.24, 2.45) is 5.92 Å². The Morgan fingerprint density at radius 1 is 0.846 bits per heavy atom. The third-order valence-corrected chi connectivity index (χ3v) is 12.6. The van der Waals surface area contributed by atoms with Crippen LogP contribution in [-0.4, -0.2) is 40.9 Å². The lowest BCUT2D eigenvalue weighted by atomic mass is 9.86. The fourth-order valence-electron chi connectivity index (χ4n) is 2.96. The molecule has 0 aromatic heterocycles. The average Bonchev–Trinajstić information content (AvgIpc) is 2.38. The van der Waals surface area contributed by atoms with E-state index in [-0.39, 0.29) is 17.0 Å². The van der Waals surface area contributed by atoms with Crippen LogP contribution in [0.3, 0.4) is 0 Å². The normalized spacial score (nSPS) is 21.3. The minimum atomic E-state index is -1.87. The highest BCUT2D eigenvalue weighted by Gasteiger charge is 2.56. The first-order valence-electron chi connectivity index (χ1n) is 9.81. The fraction of sp³-hybridized carbons (Fsp3) is 0.762. The number of carbonyl (C=O) groups is 1. The highest BCUT2D eigenvalue weighted by Crippen LogP contribution is 2.46. The molecule has 0 aromatic carbocycles.